The van der Waals surface area contributed by atoms with Gasteiger partial charge in [-0.25, -0.2) is 9.69 Å². The zero-order valence-corrected chi connectivity index (χ0v) is 23.8. The van der Waals surface area contributed by atoms with Crippen molar-refractivity contribution in [2.75, 3.05) is 11.5 Å². The number of nitrogens with zero attached hydrogens (tertiary/aromatic N) is 1. The number of hydrogen-bond acceptors (Lipinski definition) is 6. The highest BCUT2D eigenvalue weighted by atomic mass is 35.5. The number of anilines is 1. The molecule has 0 saturated carbocycles. The lowest BCUT2D eigenvalue weighted by Crippen LogP contribution is -2.43. The predicted molar refractivity (Wildman–Crippen MR) is 160 cm³/mol. The van der Waals surface area contributed by atoms with Crippen LogP contribution in [0, 0.1) is 11.8 Å². The Labute approximate surface area is 256 Å². The smallest absolute Gasteiger partial charge is 0.338 e. The molecule has 2 N–H and O–H groups in total. The number of esters is 1. The van der Waals surface area contributed by atoms with Crippen LogP contribution >= 0.6 is 11.6 Å². The maximum atomic E-state index is 13.9. The van der Waals surface area contributed by atoms with Gasteiger partial charge in [0.25, 0.3) is 11.8 Å². The molecule has 4 aromatic rings. The van der Waals surface area contributed by atoms with Crippen LogP contribution in [-0.4, -0.2) is 36.2 Å². The van der Waals surface area contributed by atoms with Gasteiger partial charge in [-0.15, -0.1) is 0 Å². The number of carbonyl (C=O) groups is 5. The van der Waals surface area contributed by atoms with Crippen molar-refractivity contribution in [2.45, 2.75) is 11.8 Å². The lowest BCUT2D eigenvalue weighted by molar-refractivity contribution is -0.125. The quantitative estimate of drug-likeness (QED) is 0.198. The minimum Gasteiger partial charge on any atom is -0.452 e. The van der Waals surface area contributed by atoms with Crippen LogP contribution in [0.3, 0.4) is 0 Å². The summed E-state index contributed by atoms with van der Waals surface area (Å²) in [6.45, 7) is -0.653. The molecular formula is C34H24ClN3O6. The highest BCUT2D eigenvalue weighted by Gasteiger charge is 2.61. The molecule has 2 bridgehead atoms. The summed E-state index contributed by atoms with van der Waals surface area (Å²) in [6, 6.07) is 28.3. The normalized spacial score (nSPS) is 20.8. The summed E-state index contributed by atoms with van der Waals surface area (Å²) in [7, 11) is 0. The average Bonchev–Trinajstić information content (AvgIpc) is 3.32. The summed E-state index contributed by atoms with van der Waals surface area (Å²) in [5.74, 6) is -4.16. The van der Waals surface area contributed by atoms with Crippen molar-refractivity contribution in [3.05, 3.63) is 135 Å². The van der Waals surface area contributed by atoms with E-state index < -0.39 is 36.2 Å². The first-order valence-corrected chi connectivity index (χ1v) is 14.4. The molecule has 9 nitrogen and oxygen atoms in total. The molecule has 4 aromatic carbocycles. The standard InChI is InChI=1S/C34H24ClN3O6/c35-25-12-6-5-11-24(25)31(40)37-36-26(39)17-44-34(43)18-13-15-19(16-14-18)38-32(41)29-27-20-7-1-2-8-21(20)28(30(29)33(38)42)23-10-4-3-9-22(23)27/h1-16,27-30H,17H2,(H,36,39)(H,37,40)/t27?,28?,29-,30-/m0/s1. The summed E-state index contributed by atoms with van der Waals surface area (Å²) in [5.41, 5.74) is 9.38. The first-order valence-electron chi connectivity index (χ1n) is 14.0. The Bertz CT molecular complexity index is 1760. The number of benzene rings is 4. The predicted octanol–water partition coefficient (Wildman–Crippen LogP) is 4.35. The highest BCUT2D eigenvalue weighted by Crippen LogP contribution is 2.61. The first kappa shape index (κ1) is 27.5. The van der Waals surface area contributed by atoms with Gasteiger partial charge in [0.2, 0.25) is 11.8 Å². The second kappa shape index (κ2) is 10.8. The molecule has 44 heavy (non-hydrogen) atoms. The van der Waals surface area contributed by atoms with Crippen molar-refractivity contribution in [3.8, 4) is 0 Å². The number of carbonyl (C=O) groups excluding carboxylic acids is 5. The molecule has 10 heteroatoms. The maximum Gasteiger partial charge on any atom is 0.338 e. The molecule has 3 aliphatic carbocycles. The van der Waals surface area contributed by atoms with Gasteiger partial charge in [0, 0.05) is 11.8 Å². The van der Waals surface area contributed by atoms with E-state index in [-0.39, 0.29) is 39.8 Å². The minimum absolute atomic E-state index is 0.123. The molecule has 218 valence electrons. The van der Waals surface area contributed by atoms with Crippen LogP contribution < -0.4 is 15.8 Å². The highest BCUT2D eigenvalue weighted by molar-refractivity contribution is 6.33. The van der Waals surface area contributed by atoms with Gasteiger partial charge in [-0.1, -0.05) is 72.3 Å². The van der Waals surface area contributed by atoms with Gasteiger partial charge < -0.3 is 4.74 Å². The van der Waals surface area contributed by atoms with E-state index in [1.54, 1.807) is 12.1 Å². The van der Waals surface area contributed by atoms with Crippen molar-refractivity contribution in [1.29, 1.82) is 0 Å². The average molecular weight is 606 g/mol. The molecule has 2 atom stereocenters. The van der Waals surface area contributed by atoms with E-state index in [9.17, 15) is 24.0 Å². The van der Waals surface area contributed by atoms with Gasteiger partial charge in [-0.2, -0.15) is 0 Å². The Kier molecular flexibility index (Phi) is 6.74. The number of amides is 4. The summed E-state index contributed by atoms with van der Waals surface area (Å²) in [6.07, 6.45) is 0. The van der Waals surface area contributed by atoms with Crippen molar-refractivity contribution >= 4 is 46.9 Å². The van der Waals surface area contributed by atoms with E-state index in [1.807, 2.05) is 48.5 Å². The van der Waals surface area contributed by atoms with Crippen molar-refractivity contribution in [3.63, 3.8) is 0 Å². The van der Waals surface area contributed by atoms with Crippen LogP contribution in [0.25, 0.3) is 0 Å². The van der Waals surface area contributed by atoms with Crippen LogP contribution in [0.2, 0.25) is 5.02 Å². The molecule has 4 amide bonds. The van der Waals surface area contributed by atoms with Crippen LogP contribution in [0.4, 0.5) is 5.69 Å². The molecule has 1 fully saturated rings. The Balaban J connectivity index is 1.03. The Hall–Kier alpha value is -5.28. The van der Waals surface area contributed by atoms with Crippen molar-refractivity contribution in [2.24, 2.45) is 11.8 Å². The van der Waals surface area contributed by atoms with Gasteiger partial charge in [0.1, 0.15) is 0 Å². The summed E-state index contributed by atoms with van der Waals surface area (Å²) in [5, 5.41) is 0.216. The van der Waals surface area contributed by atoms with Gasteiger partial charge >= 0.3 is 5.97 Å². The van der Waals surface area contributed by atoms with E-state index >= 15 is 0 Å². The lowest BCUT2D eigenvalue weighted by Gasteiger charge is -2.45. The number of nitrogens with one attached hydrogen (secondary N) is 2. The zero-order chi connectivity index (χ0) is 30.5. The number of halogens is 1. The summed E-state index contributed by atoms with van der Waals surface area (Å²) in [4.78, 5) is 66.0. The lowest BCUT2D eigenvalue weighted by atomic mass is 9.55. The molecule has 8 rings (SSSR count). The Morgan fingerprint density at radius 2 is 1.18 bits per heavy atom. The number of ether oxygens (including phenoxy) is 1. The van der Waals surface area contributed by atoms with Gasteiger partial charge in [-0.3, -0.25) is 30.0 Å². The van der Waals surface area contributed by atoms with E-state index in [1.165, 1.54) is 41.3 Å². The Morgan fingerprint density at radius 1 is 0.682 bits per heavy atom. The second-order valence-corrected chi connectivity index (χ2v) is 11.3. The fourth-order valence-electron chi connectivity index (χ4n) is 6.77. The second-order valence-electron chi connectivity index (χ2n) is 10.9. The van der Waals surface area contributed by atoms with E-state index in [2.05, 4.69) is 10.9 Å². The largest absolute Gasteiger partial charge is 0.452 e. The topological polar surface area (TPSA) is 122 Å². The van der Waals surface area contributed by atoms with Gasteiger partial charge in [0.15, 0.2) is 6.61 Å². The number of rotatable bonds is 5. The monoisotopic (exact) mass is 605 g/mol. The molecule has 1 aliphatic heterocycles. The Morgan fingerprint density at radius 3 is 1.70 bits per heavy atom. The fraction of sp³-hybridized carbons (Fsp3) is 0.147. The molecule has 0 aromatic heterocycles. The van der Waals surface area contributed by atoms with Gasteiger partial charge in [-0.05, 0) is 58.7 Å². The molecule has 1 heterocycles. The maximum absolute atomic E-state index is 13.9. The van der Waals surface area contributed by atoms with E-state index in [0.29, 0.717) is 5.69 Å². The molecular weight excluding hydrogens is 582 g/mol. The van der Waals surface area contributed by atoms with Crippen LogP contribution in [0.15, 0.2) is 97.1 Å². The molecule has 4 aliphatic rings. The van der Waals surface area contributed by atoms with Crippen LogP contribution in [0.1, 0.15) is 54.8 Å². The van der Waals surface area contributed by atoms with Crippen molar-refractivity contribution in [1.82, 2.24) is 10.9 Å². The summed E-state index contributed by atoms with van der Waals surface area (Å²) < 4.78 is 5.07. The fourth-order valence-corrected chi connectivity index (χ4v) is 6.99. The van der Waals surface area contributed by atoms with E-state index in [4.69, 9.17) is 16.3 Å². The molecule has 0 spiro atoms. The number of hydrogen-bond donors (Lipinski definition) is 2. The van der Waals surface area contributed by atoms with Gasteiger partial charge in [0.05, 0.1) is 33.7 Å². The SMILES string of the molecule is O=C(COC(=O)c1ccc(N2C(=O)[C@H]3C4c5ccccc5C(c5ccccc54)[C@@H]3C2=O)cc1)NNC(=O)c1ccccc1Cl. The number of imide groups is 1. The van der Waals surface area contributed by atoms with Crippen LogP contribution in [0.5, 0.6) is 0 Å². The summed E-state index contributed by atoms with van der Waals surface area (Å²) >= 11 is 5.98. The molecule has 0 unspecified atom stereocenters. The first-order chi connectivity index (χ1) is 21.3. The van der Waals surface area contributed by atoms with Crippen LogP contribution in [-0.2, 0) is 19.1 Å². The molecule has 0 radical (unpaired) electrons. The minimum atomic E-state index is -0.791. The third kappa shape index (κ3) is 4.36. The zero-order valence-electron chi connectivity index (χ0n) is 23.0. The van der Waals surface area contributed by atoms with E-state index in [0.717, 1.165) is 22.3 Å². The third-order valence-corrected chi connectivity index (χ3v) is 8.91. The van der Waals surface area contributed by atoms with Crippen molar-refractivity contribution < 1.29 is 28.7 Å². The number of hydrazine groups is 1. The molecule has 1 saturated heterocycles. The third-order valence-electron chi connectivity index (χ3n) is 8.58.